The highest BCUT2D eigenvalue weighted by Crippen LogP contribution is 2.56. The van der Waals surface area contributed by atoms with Crippen molar-refractivity contribution in [1.82, 2.24) is 4.90 Å². The summed E-state index contributed by atoms with van der Waals surface area (Å²) in [7, 11) is 0. The van der Waals surface area contributed by atoms with Crippen molar-refractivity contribution in [3.63, 3.8) is 0 Å². The number of rotatable bonds is 5. The molecule has 160 valence electrons. The number of carbonyl (C=O) groups is 4. The molecular weight excluding hydrogens is 476 g/mol. The van der Waals surface area contributed by atoms with Gasteiger partial charge in [-0.25, -0.2) is 4.79 Å². The third-order valence-corrected chi connectivity index (χ3v) is 8.03. The number of amides is 3. The highest BCUT2D eigenvalue weighted by molar-refractivity contribution is 9.10. The largest absolute Gasteiger partial charge is 0.454 e. The summed E-state index contributed by atoms with van der Waals surface area (Å²) < 4.78 is 5.80. The van der Waals surface area contributed by atoms with Crippen LogP contribution in [0.3, 0.4) is 0 Å². The first kappa shape index (κ1) is 21.3. The third kappa shape index (κ3) is 3.43. The molecule has 3 fully saturated rings. The molecular formula is C21H22BrClN2O5. The topological polar surface area (TPSA) is 92.8 Å². The van der Waals surface area contributed by atoms with Crippen molar-refractivity contribution in [2.75, 3.05) is 11.9 Å². The lowest BCUT2D eigenvalue weighted by molar-refractivity contribution is -0.159. The predicted octanol–water partition coefficient (Wildman–Crippen LogP) is 3.31. The summed E-state index contributed by atoms with van der Waals surface area (Å²) in [6.07, 6.45) is 2.87. The summed E-state index contributed by atoms with van der Waals surface area (Å²) in [6.45, 7) is 2.70. The maximum Gasteiger partial charge on any atom is 0.329 e. The summed E-state index contributed by atoms with van der Waals surface area (Å²) in [5.41, 5.74) is 1.18. The number of anilines is 1. The summed E-state index contributed by atoms with van der Waals surface area (Å²) in [5.74, 6) is -1.94. The minimum Gasteiger partial charge on any atom is -0.454 e. The van der Waals surface area contributed by atoms with Gasteiger partial charge in [-0.2, -0.15) is 0 Å². The molecule has 3 aliphatic rings. The number of hydrogen-bond donors (Lipinski definition) is 1. The molecule has 1 N–H and O–H groups in total. The van der Waals surface area contributed by atoms with Crippen molar-refractivity contribution in [2.24, 2.45) is 23.7 Å². The summed E-state index contributed by atoms with van der Waals surface area (Å²) in [6, 6.07) is 2.34. The lowest BCUT2D eigenvalue weighted by Gasteiger charge is -2.23. The lowest BCUT2D eigenvalue weighted by Crippen LogP contribution is -2.45. The normalized spacial score (nSPS) is 27.9. The Hall–Kier alpha value is -1.93. The third-order valence-electron chi connectivity index (χ3n) is 6.65. The van der Waals surface area contributed by atoms with Gasteiger partial charge in [0.25, 0.3) is 5.91 Å². The number of ether oxygens (including phenoxy) is 1. The molecule has 1 aromatic rings. The quantitative estimate of drug-likeness (QED) is 0.498. The highest BCUT2D eigenvalue weighted by Gasteiger charge is 2.62. The molecule has 30 heavy (non-hydrogen) atoms. The van der Waals surface area contributed by atoms with Gasteiger partial charge in [0.05, 0.1) is 16.9 Å². The van der Waals surface area contributed by atoms with Crippen molar-refractivity contribution in [3.8, 4) is 0 Å². The number of likely N-dealkylation sites (tertiary alicyclic amines) is 1. The zero-order chi connectivity index (χ0) is 21.7. The van der Waals surface area contributed by atoms with E-state index in [0.29, 0.717) is 20.7 Å². The standard InChI is InChI=1S/C21H22BrClN2O5/c1-9-14(6-5-13(22)18(9)23)24-15(26)8-30-21(29)10(2)25-19(27)16-11-3-4-12(7-11)17(16)20(25)28/h5-6,10-12,16-17H,3-4,7-8H2,1-2H3,(H,24,26)/t10-,11+,12+,16-,17+/m1/s1. The fraction of sp³-hybridized carbons (Fsp3) is 0.524. The Bertz CT molecular complexity index is 924. The number of esters is 1. The van der Waals surface area contributed by atoms with Crippen molar-refractivity contribution in [1.29, 1.82) is 0 Å². The Kier molecular flexibility index (Phi) is 5.66. The molecule has 0 radical (unpaired) electrons. The van der Waals surface area contributed by atoms with Crippen LogP contribution in [0.1, 0.15) is 31.7 Å². The maximum atomic E-state index is 12.8. The first-order valence-electron chi connectivity index (χ1n) is 9.98. The van der Waals surface area contributed by atoms with Crippen LogP contribution in [0.2, 0.25) is 5.02 Å². The van der Waals surface area contributed by atoms with E-state index < -0.39 is 24.5 Å². The number of nitrogens with one attached hydrogen (secondary N) is 1. The number of nitrogens with zero attached hydrogens (tertiary/aromatic N) is 1. The average Bonchev–Trinajstić information content (AvgIpc) is 3.40. The van der Waals surface area contributed by atoms with Gasteiger partial charge < -0.3 is 10.1 Å². The van der Waals surface area contributed by atoms with Crippen LogP contribution in [0.25, 0.3) is 0 Å². The SMILES string of the molecule is Cc1c(NC(=O)COC(=O)[C@@H](C)N2C(=O)[C@@H]3[C@H]4CC[C@@H](C4)[C@@H]3C2=O)ccc(Br)c1Cl. The number of hydrogen-bond acceptors (Lipinski definition) is 5. The van der Waals surface area contributed by atoms with Gasteiger partial charge in [0.15, 0.2) is 6.61 Å². The van der Waals surface area contributed by atoms with Gasteiger partial charge >= 0.3 is 5.97 Å². The molecule has 1 aromatic carbocycles. The highest BCUT2D eigenvalue weighted by atomic mass is 79.9. The van der Waals surface area contributed by atoms with E-state index in [2.05, 4.69) is 21.2 Å². The summed E-state index contributed by atoms with van der Waals surface area (Å²) in [5, 5.41) is 3.12. The molecule has 1 heterocycles. The van der Waals surface area contributed by atoms with Crippen LogP contribution >= 0.6 is 27.5 Å². The molecule has 0 aromatic heterocycles. The minimum atomic E-state index is -1.05. The minimum absolute atomic E-state index is 0.247. The molecule has 0 spiro atoms. The van der Waals surface area contributed by atoms with Gasteiger partial charge in [-0.1, -0.05) is 11.6 Å². The fourth-order valence-electron chi connectivity index (χ4n) is 5.15. The maximum absolute atomic E-state index is 12.8. The van der Waals surface area contributed by atoms with Crippen molar-refractivity contribution < 1.29 is 23.9 Å². The van der Waals surface area contributed by atoms with Crippen LogP contribution in [-0.2, 0) is 23.9 Å². The number of carbonyl (C=O) groups excluding carboxylic acids is 4. The van der Waals surface area contributed by atoms with E-state index in [1.807, 2.05) is 0 Å². The Morgan fingerprint density at radius 2 is 1.83 bits per heavy atom. The first-order valence-corrected chi connectivity index (χ1v) is 11.2. The average molecular weight is 498 g/mol. The van der Waals surface area contributed by atoms with Gasteiger partial charge in [0.1, 0.15) is 6.04 Å². The van der Waals surface area contributed by atoms with Crippen LogP contribution in [0.4, 0.5) is 5.69 Å². The molecule has 1 saturated heterocycles. The Balaban J connectivity index is 1.35. The molecule has 2 aliphatic carbocycles. The second-order valence-electron chi connectivity index (χ2n) is 8.30. The van der Waals surface area contributed by atoms with Gasteiger partial charge in [-0.05, 0) is 78.6 Å². The second-order valence-corrected chi connectivity index (χ2v) is 9.53. The van der Waals surface area contributed by atoms with Crippen molar-refractivity contribution in [2.45, 2.75) is 39.2 Å². The van der Waals surface area contributed by atoms with E-state index in [9.17, 15) is 19.2 Å². The molecule has 3 amide bonds. The number of imide groups is 1. The van der Waals surface area contributed by atoms with Gasteiger partial charge in [0.2, 0.25) is 11.8 Å². The van der Waals surface area contributed by atoms with Crippen molar-refractivity contribution in [3.05, 3.63) is 27.2 Å². The molecule has 7 nitrogen and oxygen atoms in total. The monoisotopic (exact) mass is 496 g/mol. The van der Waals surface area contributed by atoms with Crippen LogP contribution in [0.15, 0.2) is 16.6 Å². The van der Waals surface area contributed by atoms with Gasteiger partial charge in [-0.15, -0.1) is 0 Å². The van der Waals surface area contributed by atoms with Crippen LogP contribution in [0.5, 0.6) is 0 Å². The van der Waals surface area contributed by atoms with E-state index in [0.717, 1.165) is 24.2 Å². The van der Waals surface area contributed by atoms with E-state index >= 15 is 0 Å². The molecule has 1 aliphatic heterocycles. The number of benzene rings is 1. The Morgan fingerprint density at radius 1 is 1.23 bits per heavy atom. The van der Waals surface area contributed by atoms with E-state index in [1.165, 1.54) is 6.92 Å². The Morgan fingerprint density at radius 3 is 2.43 bits per heavy atom. The first-order chi connectivity index (χ1) is 14.2. The second kappa shape index (κ2) is 7.96. The molecule has 2 saturated carbocycles. The summed E-state index contributed by atoms with van der Waals surface area (Å²) in [4.78, 5) is 51.3. The summed E-state index contributed by atoms with van der Waals surface area (Å²) >= 11 is 9.46. The lowest BCUT2D eigenvalue weighted by atomic mass is 9.81. The predicted molar refractivity (Wildman–Crippen MR) is 113 cm³/mol. The van der Waals surface area contributed by atoms with E-state index in [1.54, 1.807) is 19.1 Å². The molecule has 0 unspecified atom stereocenters. The Labute approximate surface area is 187 Å². The van der Waals surface area contributed by atoms with Crippen molar-refractivity contribution >= 4 is 56.9 Å². The zero-order valence-corrected chi connectivity index (χ0v) is 19.0. The van der Waals surface area contributed by atoms with Gasteiger partial charge in [0, 0.05) is 10.2 Å². The fourth-order valence-corrected chi connectivity index (χ4v) is 5.74. The van der Waals surface area contributed by atoms with Gasteiger partial charge in [-0.3, -0.25) is 19.3 Å². The zero-order valence-electron chi connectivity index (χ0n) is 16.6. The van der Waals surface area contributed by atoms with Crippen LogP contribution < -0.4 is 5.32 Å². The van der Waals surface area contributed by atoms with Crippen LogP contribution in [0, 0.1) is 30.6 Å². The van der Waals surface area contributed by atoms with E-state index in [4.69, 9.17) is 16.3 Å². The molecule has 9 heteroatoms. The smallest absolute Gasteiger partial charge is 0.329 e. The van der Waals surface area contributed by atoms with Crippen LogP contribution in [-0.4, -0.2) is 41.2 Å². The number of halogens is 2. The molecule has 4 rings (SSSR count). The molecule has 5 atom stereocenters. The van der Waals surface area contributed by atoms with E-state index in [-0.39, 0.29) is 35.5 Å². The molecule has 2 bridgehead atoms. The number of fused-ring (bicyclic) bond motifs is 5.